The van der Waals surface area contributed by atoms with Crippen molar-refractivity contribution in [2.24, 2.45) is 0 Å². The van der Waals surface area contributed by atoms with Crippen LogP contribution in [0, 0.1) is 0 Å². The third-order valence-electron chi connectivity index (χ3n) is 4.56. The van der Waals surface area contributed by atoms with Crippen molar-refractivity contribution in [2.75, 3.05) is 26.2 Å². The largest absolute Gasteiger partial charge is 0.338 e. The standard InChI is InChI=1S/C17H25N5O3S/c1-13(15-19-16(20-25-15)17(2,3)4)21-8-10-22(11-9-21)26(23,24)14-6-5-7-18-12-14/h5-7,12-13H,8-11H2,1-4H3. The van der Waals surface area contributed by atoms with Gasteiger partial charge in [-0.1, -0.05) is 25.9 Å². The Hall–Kier alpha value is -1.84. The summed E-state index contributed by atoms with van der Waals surface area (Å²) in [6.07, 6.45) is 2.95. The molecule has 142 valence electrons. The second-order valence-corrected chi connectivity index (χ2v) is 9.45. The minimum Gasteiger partial charge on any atom is -0.338 e. The molecule has 2 aromatic heterocycles. The summed E-state index contributed by atoms with van der Waals surface area (Å²) in [5.41, 5.74) is -0.169. The van der Waals surface area contributed by atoms with E-state index < -0.39 is 10.0 Å². The highest BCUT2D eigenvalue weighted by molar-refractivity contribution is 7.89. The van der Waals surface area contributed by atoms with Crippen molar-refractivity contribution < 1.29 is 12.9 Å². The lowest BCUT2D eigenvalue weighted by molar-refractivity contribution is 0.124. The van der Waals surface area contributed by atoms with E-state index in [4.69, 9.17) is 4.52 Å². The summed E-state index contributed by atoms with van der Waals surface area (Å²) in [5.74, 6) is 1.25. The Morgan fingerprint density at radius 2 is 1.88 bits per heavy atom. The number of rotatable bonds is 4. The van der Waals surface area contributed by atoms with Gasteiger partial charge in [0, 0.05) is 44.0 Å². The molecule has 0 bridgehead atoms. The maximum Gasteiger partial charge on any atom is 0.244 e. The molecule has 1 fully saturated rings. The number of hydrogen-bond acceptors (Lipinski definition) is 7. The summed E-state index contributed by atoms with van der Waals surface area (Å²) in [5, 5.41) is 4.07. The molecule has 1 saturated heterocycles. The quantitative estimate of drug-likeness (QED) is 0.800. The summed E-state index contributed by atoms with van der Waals surface area (Å²) < 4.78 is 32.3. The monoisotopic (exact) mass is 379 g/mol. The van der Waals surface area contributed by atoms with Crippen LogP contribution in [0.5, 0.6) is 0 Å². The maximum atomic E-state index is 12.7. The second-order valence-electron chi connectivity index (χ2n) is 7.51. The first-order valence-electron chi connectivity index (χ1n) is 8.68. The van der Waals surface area contributed by atoms with Crippen LogP contribution in [0.25, 0.3) is 0 Å². The van der Waals surface area contributed by atoms with E-state index in [-0.39, 0.29) is 16.4 Å². The number of hydrogen-bond donors (Lipinski definition) is 0. The molecule has 2 aromatic rings. The van der Waals surface area contributed by atoms with E-state index in [9.17, 15) is 8.42 Å². The highest BCUT2D eigenvalue weighted by Crippen LogP contribution is 2.25. The van der Waals surface area contributed by atoms with E-state index in [2.05, 4.69) is 20.0 Å². The summed E-state index contributed by atoms with van der Waals surface area (Å²) >= 11 is 0. The first kappa shape index (κ1) is 18.9. The Balaban J connectivity index is 1.66. The van der Waals surface area contributed by atoms with Gasteiger partial charge in [0.05, 0.1) is 6.04 Å². The molecule has 1 aliphatic heterocycles. The van der Waals surface area contributed by atoms with E-state index in [1.54, 1.807) is 18.3 Å². The molecule has 3 heterocycles. The Morgan fingerprint density at radius 3 is 2.42 bits per heavy atom. The van der Waals surface area contributed by atoms with Gasteiger partial charge in [0.25, 0.3) is 0 Å². The fourth-order valence-corrected chi connectivity index (χ4v) is 4.23. The van der Waals surface area contributed by atoms with Crippen LogP contribution in [0.1, 0.15) is 45.5 Å². The van der Waals surface area contributed by atoms with E-state index in [1.807, 2.05) is 27.7 Å². The SMILES string of the molecule is CC(c1nc(C(C)(C)C)no1)N1CCN(S(=O)(=O)c2cccnc2)CC1. The zero-order chi connectivity index (χ0) is 18.9. The Bertz CT molecular complexity index is 837. The summed E-state index contributed by atoms with van der Waals surface area (Å²) in [6.45, 7) is 10.2. The predicted molar refractivity (Wildman–Crippen MR) is 96.0 cm³/mol. The Morgan fingerprint density at radius 1 is 1.19 bits per heavy atom. The third kappa shape index (κ3) is 3.79. The molecule has 3 rings (SSSR count). The van der Waals surface area contributed by atoms with Gasteiger partial charge < -0.3 is 4.52 Å². The number of pyridine rings is 1. The van der Waals surface area contributed by atoms with Gasteiger partial charge in [-0.3, -0.25) is 9.88 Å². The molecule has 8 nitrogen and oxygen atoms in total. The van der Waals surface area contributed by atoms with Crippen molar-refractivity contribution in [3.63, 3.8) is 0 Å². The lowest BCUT2D eigenvalue weighted by Gasteiger charge is -2.36. The van der Waals surface area contributed by atoms with Crippen molar-refractivity contribution in [3.8, 4) is 0 Å². The van der Waals surface area contributed by atoms with Gasteiger partial charge in [-0.25, -0.2) is 8.42 Å². The van der Waals surface area contributed by atoms with Gasteiger partial charge in [-0.15, -0.1) is 0 Å². The Kier molecular flexibility index (Phi) is 5.14. The van der Waals surface area contributed by atoms with Gasteiger partial charge in [-0.2, -0.15) is 9.29 Å². The van der Waals surface area contributed by atoms with Crippen LogP contribution in [0.4, 0.5) is 0 Å². The molecule has 0 radical (unpaired) electrons. The number of piperazine rings is 1. The molecule has 1 unspecified atom stereocenters. The molecule has 26 heavy (non-hydrogen) atoms. The van der Waals surface area contributed by atoms with Crippen LogP contribution in [0.3, 0.4) is 0 Å². The lowest BCUT2D eigenvalue weighted by Crippen LogP contribution is -2.49. The molecule has 0 aromatic carbocycles. The fraction of sp³-hybridized carbons (Fsp3) is 0.588. The van der Waals surface area contributed by atoms with Crippen LogP contribution in [0.15, 0.2) is 33.9 Å². The molecule has 1 aliphatic rings. The topological polar surface area (TPSA) is 92.4 Å². The average Bonchev–Trinajstić information content (AvgIpc) is 3.12. The van der Waals surface area contributed by atoms with Gasteiger partial charge in [0.1, 0.15) is 4.90 Å². The van der Waals surface area contributed by atoms with E-state index >= 15 is 0 Å². The minimum absolute atomic E-state index is 0.0538. The molecule has 0 amide bonds. The molecular formula is C17H25N5O3S. The van der Waals surface area contributed by atoms with Gasteiger partial charge in [-0.05, 0) is 19.1 Å². The van der Waals surface area contributed by atoms with Crippen LogP contribution in [0.2, 0.25) is 0 Å². The molecule has 0 aliphatic carbocycles. The average molecular weight is 379 g/mol. The van der Waals surface area contributed by atoms with Crippen molar-refractivity contribution in [1.29, 1.82) is 0 Å². The fourth-order valence-electron chi connectivity index (χ4n) is 2.85. The zero-order valence-corrected chi connectivity index (χ0v) is 16.4. The maximum absolute atomic E-state index is 12.7. The lowest BCUT2D eigenvalue weighted by atomic mass is 9.96. The zero-order valence-electron chi connectivity index (χ0n) is 15.6. The first-order valence-corrected chi connectivity index (χ1v) is 10.1. The van der Waals surface area contributed by atoms with Crippen LogP contribution < -0.4 is 0 Å². The van der Waals surface area contributed by atoms with Crippen LogP contribution in [-0.2, 0) is 15.4 Å². The predicted octanol–water partition coefficient (Wildman–Crippen LogP) is 1.83. The smallest absolute Gasteiger partial charge is 0.244 e. The van der Waals surface area contributed by atoms with Crippen molar-refractivity contribution in [2.45, 2.75) is 44.0 Å². The second kappa shape index (κ2) is 7.05. The molecular weight excluding hydrogens is 354 g/mol. The normalized spacial score (nSPS) is 18.8. The minimum atomic E-state index is -3.50. The Labute approximate surface area is 154 Å². The molecule has 0 saturated carbocycles. The van der Waals surface area contributed by atoms with Gasteiger partial charge in [0.2, 0.25) is 15.9 Å². The highest BCUT2D eigenvalue weighted by atomic mass is 32.2. The number of aromatic nitrogens is 3. The van der Waals surface area contributed by atoms with Crippen molar-refractivity contribution >= 4 is 10.0 Å². The molecule has 1 atom stereocenters. The van der Waals surface area contributed by atoms with Crippen molar-refractivity contribution in [1.82, 2.24) is 24.3 Å². The summed E-state index contributed by atoms with van der Waals surface area (Å²) in [4.78, 5) is 10.8. The molecule has 9 heteroatoms. The van der Waals surface area contributed by atoms with Crippen LogP contribution in [-0.4, -0.2) is 58.9 Å². The number of nitrogens with zero attached hydrogens (tertiary/aromatic N) is 5. The number of sulfonamides is 1. The molecule has 0 spiro atoms. The van der Waals surface area contributed by atoms with E-state index in [1.165, 1.54) is 10.5 Å². The van der Waals surface area contributed by atoms with Gasteiger partial charge in [0.15, 0.2) is 5.82 Å². The van der Waals surface area contributed by atoms with Crippen molar-refractivity contribution in [3.05, 3.63) is 36.2 Å². The van der Waals surface area contributed by atoms with Gasteiger partial charge >= 0.3 is 0 Å². The third-order valence-corrected chi connectivity index (χ3v) is 6.45. The van der Waals surface area contributed by atoms with E-state index in [0.717, 1.165) is 0 Å². The summed E-state index contributed by atoms with van der Waals surface area (Å²) in [6, 6.07) is 3.15. The highest BCUT2D eigenvalue weighted by Gasteiger charge is 2.32. The van der Waals surface area contributed by atoms with Crippen LogP contribution >= 0.6 is 0 Å². The molecule has 0 N–H and O–H groups in total. The van der Waals surface area contributed by atoms with E-state index in [0.29, 0.717) is 37.9 Å². The summed E-state index contributed by atoms with van der Waals surface area (Å²) in [7, 11) is -3.50. The first-order chi connectivity index (χ1) is 12.2.